The van der Waals surface area contributed by atoms with Crippen LogP contribution in [0.5, 0.6) is 0 Å². The van der Waals surface area contributed by atoms with Crippen LogP contribution in [0.25, 0.3) is 16.8 Å². The second-order valence-electron chi connectivity index (χ2n) is 6.42. The van der Waals surface area contributed by atoms with Crippen LogP contribution in [-0.4, -0.2) is 26.2 Å². The first-order valence-corrected chi connectivity index (χ1v) is 8.18. The van der Waals surface area contributed by atoms with Crippen molar-refractivity contribution < 1.29 is 9.59 Å². The number of rotatable bonds is 1. The molecular weight excluding hydrogens is 320 g/mol. The van der Waals surface area contributed by atoms with Crippen LogP contribution in [0.3, 0.4) is 0 Å². The first-order valence-electron chi connectivity index (χ1n) is 8.18. The molecule has 1 N–H and O–H groups in total. The molecule has 0 bridgehead atoms. The maximum absolute atomic E-state index is 12.9. The number of hydrogen-bond donors (Lipinski definition) is 1. The molecule has 2 amide bonds. The van der Waals surface area contributed by atoms with Gasteiger partial charge in [-0.05, 0) is 25.0 Å². The highest BCUT2D eigenvalue weighted by Crippen LogP contribution is 2.37. The molecule has 1 aliphatic carbocycles. The second-order valence-corrected chi connectivity index (χ2v) is 6.42. The molecule has 25 heavy (non-hydrogen) atoms. The van der Waals surface area contributed by atoms with E-state index in [1.165, 1.54) is 11.0 Å². The van der Waals surface area contributed by atoms with Crippen molar-refractivity contribution in [3.63, 3.8) is 0 Å². The predicted molar refractivity (Wildman–Crippen MR) is 91.2 cm³/mol. The minimum Gasteiger partial charge on any atom is -0.292 e. The summed E-state index contributed by atoms with van der Waals surface area (Å²) in [7, 11) is 0. The number of nitrogens with zero attached hydrogens (tertiary/aromatic N) is 3. The highest BCUT2D eigenvalue weighted by molar-refractivity contribution is 6.22. The molecule has 0 spiro atoms. The van der Waals surface area contributed by atoms with Gasteiger partial charge in [0.2, 0.25) is 17.6 Å². The number of amides is 2. The number of para-hydroxylation sites is 2. The number of nitrogens with one attached hydrogen (secondary N) is 1. The lowest BCUT2D eigenvalue weighted by atomic mass is 9.85. The minimum atomic E-state index is -0.397. The van der Waals surface area contributed by atoms with Crippen molar-refractivity contribution in [2.75, 3.05) is 4.90 Å². The standard InChI is InChI=1S/C18H14N4O3/c23-14-9-15(21-13-8-4-3-7-12(13)19-18(21)20-14)22-16(24)10-5-1-2-6-11(10)17(22)25/h1-4,7-11H,5-6H2,(H,19,20,23)/t10-,11-/m1/s1. The Labute approximate surface area is 141 Å². The molecule has 1 aliphatic heterocycles. The topological polar surface area (TPSA) is 87.5 Å². The minimum absolute atomic E-state index is 0.246. The molecular formula is C18H14N4O3. The number of imidazole rings is 1. The van der Waals surface area contributed by atoms with Crippen molar-refractivity contribution in [1.29, 1.82) is 0 Å². The molecule has 3 heterocycles. The third-order valence-electron chi connectivity index (χ3n) is 5.02. The Morgan fingerprint density at radius 2 is 1.68 bits per heavy atom. The lowest BCUT2D eigenvalue weighted by molar-refractivity contribution is -0.122. The first kappa shape index (κ1) is 14.2. The Morgan fingerprint density at radius 1 is 1.00 bits per heavy atom. The zero-order valence-corrected chi connectivity index (χ0v) is 13.2. The quantitative estimate of drug-likeness (QED) is 0.541. The summed E-state index contributed by atoms with van der Waals surface area (Å²) in [4.78, 5) is 46.1. The molecule has 0 saturated carbocycles. The Kier molecular flexibility index (Phi) is 2.77. The Morgan fingerprint density at radius 3 is 2.40 bits per heavy atom. The molecule has 3 aromatic rings. The van der Waals surface area contributed by atoms with Gasteiger partial charge in [-0.15, -0.1) is 0 Å². The third-order valence-corrected chi connectivity index (χ3v) is 5.02. The van der Waals surface area contributed by atoms with Crippen LogP contribution < -0.4 is 10.5 Å². The lowest BCUT2D eigenvalue weighted by Gasteiger charge is -2.16. The number of aromatic nitrogens is 3. The van der Waals surface area contributed by atoms with Gasteiger partial charge in [-0.2, -0.15) is 0 Å². The fraction of sp³-hybridized carbons (Fsp3) is 0.222. The average molecular weight is 334 g/mol. The number of anilines is 1. The number of H-pyrrole nitrogens is 1. The molecule has 5 rings (SSSR count). The second kappa shape index (κ2) is 4.89. The van der Waals surface area contributed by atoms with Gasteiger partial charge >= 0.3 is 0 Å². The van der Waals surface area contributed by atoms with Gasteiger partial charge < -0.3 is 0 Å². The SMILES string of the molecule is O=C1[C@@H]2CC=CC[C@H]2C(=O)N1c1cc(=O)[nH]c2nc3ccccc3n12. The van der Waals surface area contributed by atoms with Gasteiger partial charge in [-0.1, -0.05) is 24.3 Å². The summed E-state index contributed by atoms with van der Waals surface area (Å²) in [5.74, 6) is -0.606. The van der Waals surface area contributed by atoms with Gasteiger partial charge in [0.25, 0.3) is 5.56 Å². The van der Waals surface area contributed by atoms with E-state index in [4.69, 9.17) is 0 Å². The third kappa shape index (κ3) is 1.86. The Hall–Kier alpha value is -3.22. The molecule has 2 atom stereocenters. The molecule has 0 unspecified atom stereocenters. The number of hydrogen-bond acceptors (Lipinski definition) is 4. The molecule has 7 nitrogen and oxygen atoms in total. The van der Waals surface area contributed by atoms with E-state index >= 15 is 0 Å². The van der Waals surface area contributed by atoms with Crippen LogP contribution in [0.2, 0.25) is 0 Å². The number of carbonyl (C=O) groups is 2. The van der Waals surface area contributed by atoms with Gasteiger partial charge in [0.05, 0.1) is 22.9 Å². The predicted octanol–water partition coefficient (Wildman–Crippen LogP) is 1.63. The number of carbonyl (C=O) groups excluding carboxylic acids is 2. The Bertz CT molecular complexity index is 1110. The summed E-state index contributed by atoms with van der Waals surface area (Å²) in [5, 5.41) is 0. The maximum atomic E-state index is 12.9. The highest BCUT2D eigenvalue weighted by atomic mass is 16.2. The van der Waals surface area contributed by atoms with E-state index in [0.29, 0.717) is 24.1 Å². The van der Waals surface area contributed by atoms with Crippen molar-refractivity contribution in [3.05, 3.63) is 52.8 Å². The van der Waals surface area contributed by atoms with Crippen molar-refractivity contribution >= 4 is 34.4 Å². The molecule has 1 aromatic carbocycles. The van der Waals surface area contributed by atoms with Crippen LogP contribution in [0.1, 0.15) is 12.8 Å². The largest absolute Gasteiger partial charge is 0.292 e. The molecule has 0 radical (unpaired) electrons. The van der Waals surface area contributed by atoms with Gasteiger partial charge in [-0.25, -0.2) is 9.88 Å². The van der Waals surface area contributed by atoms with Gasteiger partial charge in [0.1, 0.15) is 5.82 Å². The van der Waals surface area contributed by atoms with Gasteiger partial charge in [-0.3, -0.25) is 23.8 Å². The number of fused-ring (bicyclic) bond motifs is 4. The van der Waals surface area contributed by atoms with Gasteiger partial charge in [0.15, 0.2) is 0 Å². The van der Waals surface area contributed by atoms with Crippen molar-refractivity contribution in [1.82, 2.24) is 14.4 Å². The molecule has 1 saturated heterocycles. The van der Waals surface area contributed by atoms with Crippen LogP contribution in [0, 0.1) is 11.8 Å². The average Bonchev–Trinajstić information content (AvgIpc) is 3.10. The fourth-order valence-electron chi connectivity index (χ4n) is 3.86. The highest BCUT2D eigenvalue weighted by Gasteiger charge is 2.48. The normalized spacial score (nSPS) is 23.0. The van der Waals surface area contributed by atoms with Gasteiger partial charge in [0, 0.05) is 6.07 Å². The molecule has 7 heteroatoms. The zero-order valence-electron chi connectivity index (χ0n) is 13.2. The summed E-state index contributed by atoms with van der Waals surface area (Å²) in [6.07, 6.45) is 5.00. The Balaban J connectivity index is 1.79. The summed E-state index contributed by atoms with van der Waals surface area (Å²) < 4.78 is 1.66. The summed E-state index contributed by atoms with van der Waals surface area (Å²) >= 11 is 0. The van der Waals surface area contributed by atoms with E-state index in [1.54, 1.807) is 4.40 Å². The van der Waals surface area contributed by atoms with E-state index in [0.717, 1.165) is 5.52 Å². The molecule has 2 aromatic heterocycles. The smallest absolute Gasteiger partial charge is 0.254 e. The van der Waals surface area contributed by atoms with Crippen LogP contribution in [0.4, 0.5) is 5.82 Å². The molecule has 124 valence electrons. The number of aromatic amines is 1. The van der Waals surface area contributed by atoms with Crippen LogP contribution in [-0.2, 0) is 9.59 Å². The number of benzene rings is 1. The first-order chi connectivity index (χ1) is 12.1. The zero-order chi connectivity index (χ0) is 17.1. The van der Waals surface area contributed by atoms with E-state index in [-0.39, 0.29) is 29.5 Å². The summed E-state index contributed by atoms with van der Waals surface area (Å²) in [6, 6.07) is 8.65. The van der Waals surface area contributed by atoms with Crippen LogP contribution in [0.15, 0.2) is 47.3 Å². The lowest BCUT2D eigenvalue weighted by Crippen LogP contribution is -2.33. The molecule has 1 fully saturated rings. The van der Waals surface area contributed by atoms with E-state index in [2.05, 4.69) is 9.97 Å². The van der Waals surface area contributed by atoms with Crippen molar-refractivity contribution in [2.45, 2.75) is 12.8 Å². The fourth-order valence-corrected chi connectivity index (χ4v) is 3.86. The summed E-state index contributed by atoms with van der Waals surface area (Å²) in [6.45, 7) is 0. The van der Waals surface area contributed by atoms with Crippen molar-refractivity contribution in [2.24, 2.45) is 11.8 Å². The number of allylic oxidation sites excluding steroid dienone is 2. The van der Waals surface area contributed by atoms with E-state index in [1.807, 2.05) is 36.4 Å². The molecule has 2 aliphatic rings. The van der Waals surface area contributed by atoms with Crippen LogP contribution >= 0.6 is 0 Å². The summed E-state index contributed by atoms with van der Waals surface area (Å²) in [5.41, 5.74) is 1.02. The maximum Gasteiger partial charge on any atom is 0.254 e. The van der Waals surface area contributed by atoms with E-state index < -0.39 is 5.56 Å². The monoisotopic (exact) mass is 334 g/mol. The van der Waals surface area contributed by atoms with Crippen molar-refractivity contribution in [3.8, 4) is 0 Å². The van der Waals surface area contributed by atoms with E-state index in [9.17, 15) is 14.4 Å². The number of imide groups is 1.